The summed E-state index contributed by atoms with van der Waals surface area (Å²) >= 11 is 0. The molecule has 0 bridgehead atoms. The van der Waals surface area contributed by atoms with Gasteiger partial charge in [-0.1, -0.05) is 85.5 Å². The lowest BCUT2D eigenvalue weighted by atomic mass is 10.1. The van der Waals surface area contributed by atoms with Crippen molar-refractivity contribution < 1.29 is 9.53 Å². The SMILES string of the molecule is C=CC(Oc1ccc(C=CC(=O)c2ccccc2)cc1)c1ccccc1. The minimum Gasteiger partial charge on any atom is -0.482 e. The fourth-order valence-corrected chi connectivity index (χ4v) is 2.57. The normalized spacial score (nSPS) is 11.8. The number of carbonyl (C=O) groups excluding carboxylic acids is 1. The van der Waals surface area contributed by atoms with Gasteiger partial charge in [0.2, 0.25) is 0 Å². The molecule has 1 atom stereocenters. The monoisotopic (exact) mass is 340 g/mol. The van der Waals surface area contributed by atoms with Gasteiger partial charge in [0.1, 0.15) is 11.9 Å². The summed E-state index contributed by atoms with van der Waals surface area (Å²) in [5.74, 6) is 0.743. The van der Waals surface area contributed by atoms with Crippen molar-refractivity contribution in [3.05, 3.63) is 120 Å². The lowest BCUT2D eigenvalue weighted by Gasteiger charge is -2.16. The fraction of sp³-hybridized carbons (Fsp3) is 0.0417. The highest BCUT2D eigenvalue weighted by Crippen LogP contribution is 2.23. The fourth-order valence-electron chi connectivity index (χ4n) is 2.57. The van der Waals surface area contributed by atoms with Crippen LogP contribution in [-0.2, 0) is 0 Å². The average Bonchev–Trinajstić information content (AvgIpc) is 2.72. The van der Waals surface area contributed by atoms with E-state index in [1.165, 1.54) is 0 Å². The Kier molecular flexibility index (Phi) is 5.79. The molecule has 1 unspecified atom stereocenters. The smallest absolute Gasteiger partial charge is 0.185 e. The summed E-state index contributed by atoms with van der Waals surface area (Å²) in [5.41, 5.74) is 2.68. The van der Waals surface area contributed by atoms with Crippen molar-refractivity contribution >= 4 is 11.9 Å². The van der Waals surface area contributed by atoms with E-state index >= 15 is 0 Å². The number of hydrogen-bond acceptors (Lipinski definition) is 2. The number of carbonyl (C=O) groups is 1. The number of rotatable bonds is 7. The van der Waals surface area contributed by atoms with Crippen molar-refractivity contribution in [1.29, 1.82) is 0 Å². The van der Waals surface area contributed by atoms with E-state index in [-0.39, 0.29) is 11.9 Å². The third-order valence-electron chi connectivity index (χ3n) is 3.97. The number of hydrogen-bond donors (Lipinski definition) is 0. The molecular formula is C24H20O2. The molecule has 0 amide bonds. The van der Waals surface area contributed by atoms with Crippen LogP contribution in [0.5, 0.6) is 5.75 Å². The molecule has 3 aromatic rings. The Morgan fingerprint density at radius 2 is 1.46 bits per heavy atom. The molecule has 2 heteroatoms. The highest BCUT2D eigenvalue weighted by molar-refractivity contribution is 6.06. The van der Waals surface area contributed by atoms with Gasteiger partial charge in [-0.05, 0) is 35.4 Å². The van der Waals surface area contributed by atoms with E-state index in [2.05, 4.69) is 6.58 Å². The summed E-state index contributed by atoms with van der Waals surface area (Å²) in [5, 5.41) is 0. The van der Waals surface area contributed by atoms with Crippen molar-refractivity contribution in [3.63, 3.8) is 0 Å². The van der Waals surface area contributed by atoms with Crippen molar-refractivity contribution in [2.45, 2.75) is 6.10 Å². The molecule has 128 valence electrons. The molecule has 0 saturated carbocycles. The highest BCUT2D eigenvalue weighted by Gasteiger charge is 2.08. The highest BCUT2D eigenvalue weighted by atomic mass is 16.5. The second kappa shape index (κ2) is 8.63. The standard InChI is InChI=1S/C24H20O2/c1-2-24(21-11-7-4-8-12-21)26-22-16-13-19(14-17-22)15-18-23(25)20-9-5-3-6-10-20/h2-18,24H,1H2. The Hall–Kier alpha value is -3.39. The lowest BCUT2D eigenvalue weighted by molar-refractivity contribution is 0.104. The molecule has 0 spiro atoms. The molecule has 0 N–H and O–H groups in total. The summed E-state index contributed by atoms with van der Waals surface area (Å²) in [6.07, 6.45) is 4.97. The van der Waals surface area contributed by atoms with Crippen molar-refractivity contribution in [2.24, 2.45) is 0 Å². The number of ketones is 1. The number of ether oxygens (including phenoxy) is 1. The number of allylic oxidation sites excluding steroid dienone is 1. The van der Waals surface area contributed by atoms with Crippen molar-refractivity contribution in [2.75, 3.05) is 0 Å². The minimum absolute atomic E-state index is 0.0123. The van der Waals surface area contributed by atoms with Crippen LogP contribution in [0.4, 0.5) is 0 Å². The predicted octanol–water partition coefficient (Wildman–Crippen LogP) is 5.89. The molecule has 0 saturated heterocycles. The molecular weight excluding hydrogens is 320 g/mol. The van der Waals surface area contributed by atoms with E-state index in [4.69, 9.17) is 4.74 Å². The van der Waals surface area contributed by atoms with Crippen LogP contribution in [0.1, 0.15) is 27.6 Å². The molecule has 0 heterocycles. The van der Waals surface area contributed by atoms with E-state index in [1.807, 2.05) is 84.9 Å². The first kappa shape index (κ1) is 17.4. The quantitative estimate of drug-likeness (QED) is 0.304. The van der Waals surface area contributed by atoms with Crippen molar-refractivity contribution in [3.8, 4) is 5.75 Å². The zero-order valence-electron chi connectivity index (χ0n) is 14.4. The van der Waals surface area contributed by atoms with E-state index in [0.717, 1.165) is 16.9 Å². The van der Waals surface area contributed by atoms with Gasteiger partial charge in [0, 0.05) is 5.56 Å². The van der Waals surface area contributed by atoms with Crippen LogP contribution in [0.2, 0.25) is 0 Å². The molecule has 3 rings (SSSR count). The van der Waals surface area contributed by atoms with Gasteiger partial charge in [-0.15, -0.1) is 0 Å². The molecule has 0 radical (unpaired) electrons. The third kappa shape index (κ3) is 4.58. The van der Waals surface area contributed by atoms with E-state index in [0.29, 0.717) is 5.56 Å². The summed E-state index contributed by atoms with van der Waals surface area (Å²) in [6, 6.07) is 26.8. The number of benzene rings is 3. The molecule has 3 aromatic carbocycles. The topological polar surface area (TPSA) is 26.3 Å². The molecule has 0 aliphatic heterocycles. The van der Waals surface area contributed by atoms with Crippen molar-refractivity contribution in [1.82, 2.24) is 0 Å². The average molecular weight is 340 g/mol. The second-order valence-electron chi connectivity index (χ2n) is 5.82. The Morgan fingerprint density at radius 1 is 0.846 bits per heavy atom. The van der Waals surface area contributed by atoms with Gasteiger partial charge >= 0.3 is 0 Å². The molecule has 0 aliphatic carbocycles. The first-order valence-corrected chi connectivity index (χ1v) is 8.48. The van der Waals surface area contributed by atoms with Gasteiger partial charge in [-0.25, -0.2) is 0 Å². The lowest BCUT2D eigenvalue weighted by Crippen LogP contribution is -2.04. The summed E-state index contributed by atoms with van der Waals surface area (Å²) in [4.78, 5) is 12.1. The zero-order chi connectivity index (χ0) is 18.2. The first-order chi connectivity index (χ1) is 12.8. The van der Waals surface area contributed by atoms with Crippen LogP contribution in [0.25, 0.3) is 6.08 Å². The maximum absolute atomic E-state index is 12.1. The van der Waals surface area contributed by atoms with Gasteiger partial charge in [0.25, 0.3) is 0 Å². The largest absolute Gasteiger partial charge is 0.482 e. The third-order valence-corrected chi connectivity index (χ3v) is 3.97. The Labute approximate surface area is 154 Å². The van der Waals surface area contributed by atoms with Crippen LogP contribution >= 0.6 is 0 Å². The summed E-state index contributed by atoms with van der Waals surface area (Å²) in [7, 11) is 0. The van der Waals surface area contributed by atoms with Crippen LogP contribution < -0.4 is 4.74 Å². The second-order valence-corrected chi connectivity index (χ2v) is 5.82. The molecule has 2 nitrogen and oxygen atoms in total. The maximum atomic E-state index is 12.1. The Bertz CT molecular complexity index is 879. The van der Waals surface area contributed by atoms with Gasteiger partial charge in [0.15, 0.2) is 5.78 Å². The molecule has 0 aromatic heterocycles. The Morgan fingerprint density at radius 3 is 2.08 bits per heavy atom. The van der Waals surface area contributed by atoms with Gasteiger partial charge in [-0.3, -0.25) is 4.79 Å². The zero-order valence-corrected chi connectivity index (χ0v) is 14.4. The van der Waals surface area contributed by atoms with E-state index in [9.17, 15) is 4.79 Å². The Balaban J connectivity index is 1.66. The first-order valence-electron chi connectivity index (χ1n) is 8.48. The maximum Gasteiger partial charge on any atom is 0.185 e. The van der Waals surface area contributed by atoms with Crippen LogP contribution in [-0.4, -0.2) is 5.78 Å². The van der Waals surface area contributed by atoms with Gasteiger partial charge < -0.3 is 4.74 Å². The minimum atomic E-state index is -0.197. The molecule has 26 heavy (non-hydrogen) atoms. The van der Waals surface area contributed by atoms with E-state index < -0.39 is 0 Å². The predicted molar refractivity (Wildman–Crippen MR) is 106 cm³/mol. The molecule has 0 fully saturated rings. The van der Waals surface area contributed by atoms with Gasteiger partial charge in [-0.2, -0.15) is 0 Å². The van der Waals surface area contributed by atoms with E-state index in [1.54, 1.807) is 18.2 Å². The summed E-state index contributed by atoms with van der Waals surface area (Å²) < 4.78 is 5.99. The van der Waals surface area contributed by atoms with Crippen LogP contribution in [0.15, 0.2) is 104 Å². The molecule has 0 aliphatic rings. The summed E-state index contributed by atoms with van der Waals surface area (Å²) in [6.45, 7) is 3.86. The van der Waals surface area contributed by atoms with Crippen LogP contribution in [0, 0.1) is 0 Å². The van der Waals surface area contributed by atoms with Crippen LogP contribution in [0.3, 0.4) is 0 Å². The van der Waals surface area contributed by atoms with Gasteiger partial charge in [0.05, 0.1) is 0 Å².